The second-order valence-corrected chi connectivity index (χ2v) is 5.72. The van der Waals surface area contributed by atoms with Crippen molar-refractivity contribution in [2.24, 2.45) is 5.92 Å². The Balaban J connectivity index is 1.89. The molecule has 0 saturated carbocycles. The Morgan fingerprint density at radius 1 is 1.71 bits per heavy atom. The minimum absolute atomic E-state index is 0.0427. The van der Waals surface area contributed by atoms with Crippen molar-refractivity contribution in [1.82, 2.24) is 9.88 Å². The predicted molar refractivity (Wildman–Crippen MR) is 67.4 cm³/mol. The van der Waals surface area contributed by atoms with Crippen molar-refractivity contribution in [2.75, 3.05) is 20.1 Å². The Kier molecular flexibility index (Phi) is 4.12. The van der Waals surface area contributed by atoms with Crippen molar-refractivity contribution in [3.63, 3.8) is 0 Å². The first-order valence-electron chi connectivity index (χ1n) is 5.97. The number of carboxylic acids is 1. The summed E-state index contributed by atoms with van der Waals surface area (Å²) in [6, 6.07) is 0. The van der Waals surface area contributed by atoms with Crippen molar-refractivity contribution >= 4 is 17.3 Å². The zero-order valence-electron chi connectivity index (χ0n) is 10.1. The molecule has 4 nitrogen and oxygen atoms in total. The summed E-state index contributed by atoms with van der Waals surface area (Å²) in [6.45, 7) is 2.33. The quantitative estimate of drug-likeness (QED) is 0.887. The summed E-state index contributed by atoms with van der Waals surface area (Å²) >= 11 is 1.59. The van der Waals surface area contributed by atoms with Crippen molar-refractivity contribution in [3.05, 3.63) is 16.1 Å². The van der Waals surface area contributed by atoms with E-state index < -0.39 is 5.97 Å². The summed E-state index contributed by atoms with van der Waals surface area (Å²) in [5, 5.41) is 11.6. The van der Waals surface area contributed by atoms with Crippen molar-refractivity contribution in [3.8, 4) is 0 Å². The smallest absolute Gasteiger partial charge is 0.309 e. The molecule has 0 aromatic carbocycles. The molecule has 1 N–H and O–H groups in total. The topological polar surface area (TPSA) is 53.4 Å². The molecule has 1 aromatic heterocycles. The van der Waals surface area contributed by atoms with Crippen LogP contribution in [0.15, 0.2) is 5.38 Å². The second kappa shape index (κ2) is 5.60. The third-order valence-corrected chi connectivity index (χ3v) is 4.04. The van der Waals surface area contributed by atoms with Gasteiger partial charge >= 0.3 is 5.97 Å². The van der Waals surface area contributed by atoms with Crippen LogP contribution in [-0.2, 0) is 17.6 Å². The lowest BCUT2D eigenvalue weighted by molar-refractivity contribution is -0.136. The molecule has 2 rings (SSSR count). The van der Waals surface area contributed by atoms with E-state index in [-0.39, 0.29) is 6.42 Å². The van der Waals surface area contributed by atoms with Crippen LogP contribution in [0.25, 0.3) is 0 Å². The van der Waals surface area contributed by atoms with E-state index >= 15 is 0 Å². The molecule has 1 fully saturated rings. The van der Waals surface area contributed by atoms with Crippen LogP contribution in [0.5, 0.6) is 0 Å². The number of carboxylic acid groups (broad SMARTS) is 1. The van der Waals surface area contributed by atoms with E-state index in [4.69, 9.17) is 5.11 Å². The van der Waals surface area contributed by atoms with Gasteiger partial charge < -0.3 is 10.0 Å². The highest BCUT2D eigenvalue weighted by atomic mass is 32.1. The van der Waals surface area contributed by atoms with E-state index in [0.717, 1.165) is 18.0 Å². The lowest BCUT2D eigenvalue weighted by Crippen LogP contribution is -2.32. The molecule has 2 heterocycles. The molecule has 1 atom stereocenters. The third kappa shape index (κ3) is 3.78. The number of piperidine rings is 1. The Bertz CT molecular complexity index is 392. The van der Waals surface area contributed by atoms with Crippen LogP contribution in [-0.4, -0.2) is 41.1 Å². The Labute approximate surface area is 105 Å². The fraction of sp³-hybridized carbons (Fsp3) is 0.667. The summed E-state index contributed by atoms with van der Waals surface area (Å²) in [5.41, 5.74) is 0.696. The highest BCUT2D eigenvalue weighted by Crippen LogP contribution is 2.22. The summed E-state index contributed by atoms with van der Waals surface area (Å²) in [5.74, 6) is -0.128. The number of carbonyl (C=O) groups is 1. The first-order valence-corrected chi connectivity index (χ1v) is 6.85. The van der Waals surface area contributed by atoms with E-state index in [9.17, 15) is 4.79 Å². The molecular weight excluding hydrogens is 236 g/mol. The standard InChI is InChI=1S/C12H18N2O2S/c1-14-4-2-3-9(7-14)5-11-13-10(8-17-11)6-12(15)16/h8-9H,2-7H2,1H3,(H,15,16). The van der Waals surface area contributed by atoms with Gasteiger partial charge in [0.1, 0.15) is 0 Å². The minimum atomic E-state index is -0.806. The van der Waals surface area contributed by atoms with Crippen molar-refractivity contribution in [2.45, 2.75) is 25.7 Å². The van der Waals surface area contributed by atoms with E-state index in [1.807, 2.05) is 5.38 Å². The average Bonchev–Trinajstić information content (AvgIpc) is 2.64. The molecule has 17 heavy (non-hydrogen) atoms. The molecule has 1 aromatic rings. The first kappa shape index (κ1) is 12.5. The Morgan fingerprint density at radius 2 is 2.53 bits per heavy atom. The number of aromatic nitrogens is 1. The molecule has 5 heteroatoms. The van der Waals surface area contributed by atoms with E-state index in [2.05, 4.69) is 16.9 Å². The molecule has 1 aliphatic heterocycles. The lowest BCUT2D eigenvalue weighted by Gasteiger charge is -2.29. The van der Waals surface area contributed by atoms with Gasteiger partial charge in [-0.1, -0.05) is 0 Å². The number of hydrogen-bond donors (Lipinski definition) is 1. The SMILES string of the molecule is CN1CCCC(Cc2nc(CC(=O)O)cs2)C1. The zero-order valence-corrected chi connectivity index (χ0v) is 10.9. The maximum atomic E-state index is 10.6. The van der Waals surface area contributed by atoms with Gasteiger partial charge in [0.25, 0.3) is 0 Å². The fourth-order valence-electron chi connectivity index (χ4n) is 2.37. The monoisotopic (exact) mass is 254 g/mol. The van der Waals surface area contributed by atoms with Gasteiger partial charge in [0.2, 0.25) is 0 Å². The maximum Gasteiger partial charge on any atom is 0.309 e. The number of rotatable bonds is 4. The van der Waals surface area contributed by atoms with Crippen molar-refractivity contribution < 1.29 is 9.90 Å². The van der Waals surface area contributed by atoms with E-state index in [1.165, 1.54) is 19.4 Å². The summed E-state index contributed by atoms with van der Waals surface area (Å²) in [6.07, 6.45) is 3.56. The second-order valence-electron chi connectivity index (χ2n) is 4.78. The highest BCUT2D eigenvalue weighted by molar-refractivity contribution is 7.09. The maximum absolute atomic E-state index is 10.6. The molecule has 0 aliphatic carbocycles. The highest BCUT2D eigenvalue weighted by Gasteiger charge is 2.19. The molecular formula is C12H18N2O2S. The van der Waals surface area contributed by atoms with Gasteiger partial charge in [-0.15, -0.1) is 11.3 Å². The lowest BCUT2D eigenvalue weighted by atomic mass is 9.95. The van der Waals surface area contributed by atoms with Gasteiger partial charge in [0, 0.05) is 18.3 Å². The summed E-state index contributed by atoms with van der Waals surface area (Å²) < 4.78 is 0. The van der Waals surface area contributed by atoms with Crippen LogP contribution in [0.2, 0.25) is 0 Å². The largest absolute Gasteiger partial charge is 0.481 e. The number of nitrogens with zero attached hydrogens (tertiary/aromatic N) is 2. The number of aliphatic carboxylic acids is 1. The predicted octanol–water partition coefficient (Wildman–Crippen LogP) is 1.65. The Hall–Kier alpha value is -0.940. The van der Waals surface area contributed by atoms with Crippen LogP contribution in [0.3, 0.4) is 0 Å². The molecule has 0 amide bonds. The molecule has 94 valence electrons. The van der Waals surface area contributed by atoms with Crippen LogP contribution in [0.1, 0.15) is 23.5 Å². The third-order valence-electron chi connectivity index (χ3n) is 3.12. The molecule has 1 saturated heterocycles. The normalized spacial score (nSPS) is 21.6. The summed E-state index contributed by atoms with van der Waals surface area (Å²) in [7, 11) is 2.16. The molecule has 1 unspecified atom stereocenters. The van der Waals surface area contributed by atoms with Gasteiger partial charge in [-0.3, -0.25) is 4.79 Å². The number of hydrogen-bond acceptors (Lipinski definition) is 4. The van der Waals surface area contributed by atoms with Crippen LogP contribution < -0.4 is 0 Å². The van der Waals surface area contributed by atoms with Gasteiger partial charge in [0.05, 0.1) is 17.1 Å². The van der Waals surface area contributed by atoms with Gasteiger partial charge in [-0.25, -0.2) is 4.98 Å². The van der Waals surface area contributed by atoms with Crippen LogP contribution in [0, 0.1) is 5.92 Å². The van der Waals surface area contributed by atoms with Gasteiger partial charge in [-0.2, -0.15) is 0 Å². The molecule has 0 spiro atoms. The number of likely N-dealkylation sites (tertiary alicyclic amines) is 1. The summed E-state index contributed by atoms with van der Waals surface area (Å²) in [4.78, 5) is 17.3. The molecule has 0 radical (unpaired) electrons. The first-order chi connectivity index (χ1) is 8.13. The van der Waals surface area contributed by atoms with Gasteiger partial charge in [-0.05, 0) is 32.4 Å². The molecule has 1 aliphatic rings. The van der Waals surface area contributed by atoms with Gasteiger partial charge in [0.15, 0.2) is 0 Å². The van der Waals surface area contributed by atoms with Crippen LogP contribution in [0.4, 0.5) is 0 Å². The van der Waals surface area contributed by atoms with Crippen LogP contribution >= 0.6 is 11.3 Å². The minimum Gasteiger partial charge on any atom is -0.481 e. The van der Waals surface area contributed by atoms with E-state index in [1.54, 1.807) is 11.3 Å². The average molecular weight is 254 g/mol. The fourth-order valence-corrected chi connectivity index (χ4v) is 3.28. The number of thiazole rings is 1. The zero-order chi connectivity index (χ0) is 12.3. The van der Waals surface area contributed by atoms with E-state index in [0.29, 0.717) is 11.6 Å². The van der Waals surface area contributed by atoms with Crippen molar-refractivity contribution in [1.29, 1.82) is 0 Å². The Morgan fingerprint density at radius 3 is 3.24 bits per heavy atom. The molecule has 0 bridgehead atoms.